The summed E-state index contributed by atoms with van der Waals surface area (Å²) in [6.45, 7) is 1.85. The van der Waals surface area contributed by atoms with Crippen LogP contribution in [-0.2, 0) is 0 Å². The number of nitrogens with zero attached hydrogens (tertiary/aromatic N) is 1. The van der Waals surface area contributed by atoms with E-state index in [0.29, 0.717) is 11.5 Å². The van der Waals surface area contributed by atoms with Gasteiger partial charge in [-0.15, -0.1) is 0 Å². The van der Waals surface area contributed by atoms with Crippen molar-refractivity contribution in [3.63, 3.8) is 0 Å². The molecule has 0 aromatic heterocycles. The summed E-state index contributed by atoms with van der Waals surface area (Å²) in [5.74, 6) is 6.94. The Morgan fingerprint density at radius 3 is 3.00 bits per heavy atom. The van der Waals surface area contributed by atoms with Crippen LogP contribution in [0.4, 0.5) is 0 Å². The van der Waals surface area contributed by atoms with E-state index in [-0.39, 0.29) is 5.92 Å². The number of hydrogen-bond donors (Lipinski definition) is 2. The van der Waals surface area contributed by atoms with Crippen LogP contribution >= 0.6 is 0 Å². The lowest BCUT2D eigenvalue weighted by atomic mass is 9.71. The van der Waals surface area contributed by atoms with Crippen LogP contribution in [-0.4, -0.2) is 23.8 Å². The molecule has 0 amide bonds. The summed E-state index contributed by atoms with van der Waals surface area (Å²) in [7, 11) is 0. The Balaban J connectivity index is 1.86. The molecule has 1 saturated heterocycles. The maximum Gasteiger partial charge on any atom is 0.130 e. The predicted molar refractivity (Wildman–Crippen MR) is 76.7 cm³/mol. The topological polar surface area (TPSA) is 56.0 Å². The molecular weight excluding hydrogens is 248 g/mol. The van der Waals surface area contributed by atoms with Crippen molar-refractivity contribution in [1.82, 2.24) is 5.32 Å². The minimum absolute atomic E-state index is 0.239. The van der Waals surface area contributed by atoms with Gasteiger partial charge in [0, 0.05) is 18.0 Å². The third-order valence-corrected chi connectivity index (χ3v) is 4.50. The molecule has 20 heavy (non-hydrogen) atoms. The van der Waals surface area contributed by atoms with Gasteiger partial charge in [-0.2, -0.15) is 5.26 Å². The van der Waals surface area contributed by atoms with Gasteiger partial charge in [-0.25, -0.2) is 0 Å². The van der Waals surface area contributed by atoms with Gasteiger partial charge in [0.1, 0.15) is 5.60 Å². The summed E-state index contributed by atoms with van der Waals surface area (Å²) in [5.41, 5.74) is 0.521. The number of fused-ring (bicyclic) bond motifs is 1. The summed E-state index contributed by atoms with van der Waals surface area (Å²) in [4.78, 5) is 0. The Morgan fingerprint density at radius 2 is 2.15 bits per heavy atom. The number of aliphatic hydroxyl groups is 1. The fraction of sp³-hybridized carbons (Fsp3) is 0.471. The van der Waals surface area contributed by atoms with E-state index < -0.39 is 5.60 Å². The molecule has 102 valence electrons. The molecule has 1 heterocycles. The number of nitrogens with one attached hydrogen (secondary N) is 1. The third-order valence-electron chi connectivity index (χ3n) is 4.50. The molecule has 0 spiro atoms. The molecule has 1 aliphatic carbocycles. The number of hydrogen-bond acceptors (Lipinski definition) is 3. The van der Waals surface area contributed by atoms with Gasteiger partial charge in [0.2, 0.25) is 0 Å². The van der Waals surface area contributed by atoms with Crippen LogP contribution in [0.15, 0.2) is 24.3 Å². The minimum atomic E-state index is -0.880. The second kappa shape index (κ2) is 5.29. The minimum Gasteiger partial charge on any atom is -0.377 e. The Morgan fingerprint density at radius 1 is 1.30 bits per heavy atom. The summed E-state index contributed by atoms with van der Waals surface area (Å²) >= 11 is 0. The Labute approximate surface area is 119 Å². The lowest BCUT2D eigenvalue weighted by Gasteiger charge is -2.37. The summed E-state index contributed by atoms with van der Waals surface area (Å²) in [5, 5.41) is 23.1. The molecule has 3 unspecified atom stereocenters. The molecule has 3 heteroatoms. The first-order chi connectivity index (χ1) is 9.71. The average molecular weight is 266 g/mol. The highest BCUT2D eigenvalue weighted by atomic mass is 16.3. The Bertz CT molecular complexity index is 607. The maximum atomic E-state index is 10.9. The van der Waals surface area contributed by atoms with E-state index in [0.717, 1.165) is 31.5 Å². The highest BCUT2D eigenvalue weighted by molar-refractivity contribution is 5.42. The van der Waals surface area contributed by atoms with Crippen molar-refractivity contribution < 1.29 is 5.11 Å². The fourth-order valence-electron chi connectivity index (χ4n) is 3.42. The van der Waals surface area contributed by atoms with Crippen LogP contribution < -0.4 is 5.32 Å². The van der Waals surface area contributed by atoms with Crippen molar-refractivity contribution in [3.8, 4) is 17.9 Å². The van der Waals surface area contributed by atoms with E-state index in [1.807, 2.05) is 12.1 Å². The van der Waals surface area contributed by atoms with E-state index in [9.17, 15) is 5.11 Å². The zero-order valence-electron chi connectivity index (χ0n) is 11.4. The van der Waals surface area contributed by atoms with Gasteiger partial charge in [-0.3, -0.25) is 0 Å². The molecule has 0 bridgehead atoms. The fourth-order valence-corrected chi connectivity index (χ4v) is 3.42. The smallest absolute Gasteiger partial charge is 0.130 e. The van der Waals surface area contributed by atoms with Gasteiger partial charge < -0.3 is 10.4 Å². The molecule has 1 aliphatic heterocycles. The highest BCUT2D eigenvalue weighted by Crippen LogP contribution is 2.39. The second-order valence-corrected chi connectivity index (χ2v) is 5.78. The molecule has 1 aromatic carbocycles. The first-order valence-electron chi connectivity index (χ1n) is 7.18. The molecule has 3 nitrogen and oxygen atoms in total. The molecule has 2 N–H and O–H groups in total. The van der Waals surface area contributed by atoms with Crippen LogP contribution in [0.5, 0.6) is 0 Å². The van der Waals surface area contributed by atoms with E-state index in [4.69, 9.17) is 5.26 Å². The standard InChI is InChI=1S/C17H18N2O/c18-10-14-4-1-3-13(9-14)6-8-17(20)7-2-5-15-11-19-12-16(15)17/h1,3-4,9,15-16,19-20H,2,5,7,11-12H2. The van der Waals surface area contributed by atoms with E-state index >= 15 is 0 Å². The predicted octanol–water partition coefficient (Wildman–Crippen LogP) is 1.66. The first kappa shape index (κ1) is 13.2. The SMILES string of the molecule is N#Cc1cccc(C#CC2(O)CCCC3CNCC32)c1. The molecule has 2 fully saturated rings. The van der Waals surface area contributed by atoms with Crippen molar-refractivity contribution in [2.24, 2.45) is 11.8 Å². The van der Waals surface area contributed by atoms with Crippen LogP contribution in [0.3, 0.4) is 0 Å². The van der Waals surface area contributed by atoms with E-state index in [2.05, 4.69) is 23.2 Å². The molecule has 0 radical (unpaired) electrons. The zero-order chi connectivity index (χ0) is 14.0. The number of benzene rings is 1. The van der Waals surface area contributed by atoms with Gasteiger partial charge >= 0.3 is 0 Å². The lowest BCUT2D eigenvalue weighted by molar-refractivity contribution is -0.00658. The third kappa shape index (κ3) is 2.43. The normalized spacial score (nSPS) is 31.8. The maximum absolute atomic E-state index is 10.9. The number of nitriles is 1. The average Bonchev–Trinajstić information content (AvgIpc) is 2.96. The Kier molecular flexibility index (Phi) is 3.49. The summed E-state index contributed by atoms with van der Waals surface area (Å²) in [6, 6.07) is 9.35. The summed E-state index contributed by atoms with van der Waals surface area (Å²) < 4.78 is 0. The van der Waals surface area contributed by atoms with Crippen LogP contribution in [0, 0.1) is 35.0 Å². The molecule has 3 atom stereocenters. The second-order valence-electron chi connectivity index (χ2n) is 5.78. The van der Waals surface area contributed by atoms with E-state index in [1.165, 1.54) is 6.42 Å². The Hall–Kier alpha value is -1.81. The van der Waals surface area contributed by atoms with Crippen molar-refractivity contribution in [3.05, 3.63) is 35.4 Å². The van der Waals surface area contributed by atoms with Crippen molar-refractivity contribution in [2.75, 3.05) is 13.1 Å². The molecule has 1 aromatic rings. The first-order valence-corrected chi connectivity index (χ1v) is 7.18. The van der Waals surface area contributed by atoms with Gasteiger partial charge in [-0.1, -0.05) is 17.9 Å². The van der Waals surface area contributed by atoms with Crippen LogP contribution in [0.2, 0.25) is 0 Å². The van der Waals surface area contributed by atoms with Crippen LogP contribution in [0.25, 0.3) is 0 Å². The molecular formula is C17H18N2O. The van der Waals surface area contributed by atoms with E-state index in [1.54, 1.807) is 12.1 Å². The quantitative estimate of drug-likeness (QED) is 0.702. The van der Waals surface area contributed by atoms with Crippen LogP contribution in [0.1, 0.15) is 30.4 Å². The molecule has 1 saturated carbocycles. The largest absolute Gasteiger partial charge is 0.377 e. The lowest BCUT2D eigenvalue weighted by Crippen LogP contribution is -2.44. The van der Waals surface area contributed by atoms with Gasteiger partial charge in [-0.05, 0) is 49.9 Å². The monoisotopic (exact) mass is 266 g/mol. The van der Waals surface area contributed by atoms with Gasteiger partial charge in [0.05, 0.1) is 11.6 Å². The van der Waals surface area contributed by atoms with Crippen molar-refractivity contribution >= 4 is 0 Å². The molecule has 2 aliphatic rings. The summed E-state index contributed by atoms with van der Waals surface area (Å²) in [6.07, 6.45) is 2.97. The van der Waals surface area contributed by atoms with Gasteiger partial charge in [0.15, 0.2) is 0 Å². The van der Waals surface area contributed by atoms with Gasteiger partial charge in [0.25, 0.3) is 0 Å². The zero-order valence-corrected chi connectivity index (χ0v) is 11.4. The molecule has 3 rings (SSSR count). The number of rotatable bonds is 0. The van der Waals surface area contributed by atoms with Crippen molar-refractivity contribution in [1.29, 1.82) is 5.26 Å². The highest BCUT2D eigenvalue weighted by Gasteiger charge is 2.45. The van der Waals surface area contributed by atoms with Crippen molar-refractivity contribution in [2.45, 2.75) is 24.9 Å².